The number of aromatic nitrogens is 2. The van der Waals surface area contributed by atoms with E-state index in [1.54, 1.807) is 0 Å². The van der Waals surface area contributed by atoms with Gasteiger partial charge in [-0.05, 0) is 30.8 Å². The Balaban J connectivity index is 1.79. The van der Waals surface area contributed by atoms with Gasteiger partial charge in [0, 0.05) is 6.54 Å². The minimum atomic E-state index is 0.314. The van der Waals surface area contributed by atoms with Gasteiger partial charge in [0.1, 0.15) is 5.82 Å². The molecule has 3 rings (SSSR count). The summed E-state index contributed by atoms with van der Waals surface area (Å²) in [6.45, 7) is 7.24. The summed E-state index contributed by atoms with van der Waals surface area (Å²) < 4.78 is 0. The van der Waals surface area contributed by atoms with E-state index in [1.807, 2.05) is 30.5 Å². The van der Waals surface area contributed by atoms with Gasteiger partial charge in [-0.25, -0.2) is 4.98 Å². The predicted octanol–water partition coefficient (Wildman–Crippen LogP) is 4.12. The molecule has 4 nitrogen and oxygen atoms in total. The zero-order valence-corrected chi connectivity index (χ0v) is 14.3. The first kappa shape index (κ1) is 16.4. The van der Waals surface area contributed by atoms with Gasteiger partial charge in [0.15, 0.2) is 0 Å². The van der Waals surface area contributed by atoms with Gasteiger partial charge in [0.25, 0.3) is 0 Å². The number of nitrogens with one attached hydrogen (secondary N) is 1. The quantitative estimate of drug-likeness (QED) is 0.711. The van der Waals surface area contributed by atoms with Gasteiger partial charge >= 0.3 is 0 Å². The van der Waals surface area contributed by atoms with Gasteiger partial charge in [-0.3, -0.25) is 9.88 Å². The molecule has 0 aliphatic carbocycles. The van der Waals surface area contributed by atoms with E-state index in [9.17, 15) is 0 Å². The van der Waals surface area contributed by atoms with Crippen LogP contribution in [0.5, 0.6) is 0 Å². The number of benzene rings is 2. The molecule has 0 spiro atoms. The average Bonchev–Trinajstić information content (AvgIpc) is 2.65. The lowest BCUT2D eigenvalue weighted by molar-refractivity contribution is 0.228. The highest BCUT2D eigenvalue weighted by Gasteiger charge is 2.17. The normalized spacial score (nSPS) is 12.5. The Morgan fingerprint density at radius 3 is 2.29 bits per heavy atom. The molecule has 2 aromatic carbocycles. The fourth-order valence-corrected chi connectivity index (χ4v) is 3.04. The van der Waals surface area contributed by atoms with E-state index in [2.05, 4.69) is 64.4 Å². The van der Waals surface area contributed by atoms with E-state index in [1.165, 1.54) is 5.56 Å². The molecule has 0 saturated carbocycles. The number of para-hydroxylation sites is 2. The number of nitrogens with zero attached hydrogens (tertiary/aromatic N) is 3. The van der Waals surface area contributed by atoms with Crippen molar-refractivity contribution in [1.82, 2.24) is 14.9 Å². The number of fused-ring (bicyclic) bond motifs is 1. The second-order valence-electron chi connectivity index (χ2n) is 5.77. The lowest BCUT2D eigenvalue weighted by Crippen LogP contribution is -2.33. The summed E-state index contributed by atoms with van der Waals surface area (Å²) in [5.74, 6) is 0.821. The summed E-state index contributed by atoms with van der Waals surface area (Å²) in [6.07, 6.45) is 1.81. The Bertz CT molecular complexity index is 769. The van der Waals surface area contributed by atoms with E-state index in [4.69, 9.17) is 0 Å². The van der Waals surface area contributed by atoms with Crippen molar-refractivity contribution in [3.8, 4) is 0 Å². The topological polar surface area (TPSA) is 41.0 Å². The van der Waals surface area contributed by atoms with Crippen molar-refractivity contribution in [3.63, 3.8) is 0 Å². The Hall–Kier alpha value is -2.46. The molecule has 1 atom stereocenters. The zero-order valence-electron chi connectivity index (χ0n) is 14.3. The molecule has 3 aromatic rings. The van der Waals surface area contributed by atoms with Gasteiger partial charge in [0.05, 0.1) is 23.3 Å². The summed E-state index contributed by atoms with van der Waals surface area (Å²) in [7, 11) is 0. The SMILES string of the molecule is CCN(CC)C(CNc1cnc2ccccc2n1)c1ccccc1. The number of rotatable bonds is 7. The second-order valence-corrected chi connectivity index (χ2v) is 5.77. The Labute approximate surface area is 143 Å². The molecule has 1 N–H and O–H groups in total. The molecule has 0 bridgehead atoms. The first-order chi connectivity index (χ1) is 11.8. The number of hydrogen-bond donors (Lipinski definition) is 1. The van der Waals surface area contributed by atoms with Crippen LogP contribution in [0, 0.1) is 0 Å². The van der Waals surface area contributed by atoms with Gasteiger partial charge in [-0.1, -0.05) is 56.3 Å². The van der Waals surface area contributed by atoms with Crippen LogP contribution in [-0.2, 0) is 0 Å². The molecule has 0 aliphatic heterocycles. The van der Waals surface area contributed by atoms with Crippen LogP contribution in [0.15, 0.2) is 60.8 Å². The highest BCUT2D eigenvalue weighted by Crippen LogP contribution is 2.21. The monoisotopic (exact) mass is 320 g/mol. The van der Waals surface area contributed by atoms with Crippen molar-refractivity contribution >= 4 is 16.9 Å². The first-order valence-corrected chi connectivity index (χ1v) is 8.56. The average molecular weight is 320 g/mol. The molecule has 0 radical (unpaired) electrons. The van der Waals surface area contributed by atoms with E-state index in [0.717, 1.165) is 36.5 Å². The van der Waals surface area contributed by atoms with Crippen LogP contribution in [0.2, 0.25) is 0 Å². The molecule has 1 unspecified atom stereocenters. The molecule has 4 heteroatoms. The highest BCUT2D eigenvalue weighted by molar-refractivity contribution is 5.75. The molecule has 0 aliphatic rings. The van der Waals surface area contributed by atoms with Crippen LogP contribution in [0.4, 0.5) is 5.82 Å². The molecule has 0 amide bonds. The van der Waals surface area contributed by atoms with E-state index >= 15 is 0 Å². The van der Waals surface area contributed by atoms with E-state index in [-0.39, 0.29) is 0 Å². The zero-order chi connectivity index (χ0) is 16.8. The van der Waals surface area contributed by atoms with E-state index in [0.29, 0.717) is 6.04 Å². The molecule has 24 heavy (non-hydrogen) atoms. The summed E-state index contributed by atoms with van der Waals surface area (Å²) in [5.41, 5.74) is 3.16. The Morgan fingerprint density at radius 1 is 0.917 bits per heavy atom. The fraction of sp³-hybridized carbons (Fsp3) is 0.300. The maximum Gasteiger partial charge on any atom is 0.145 e. The maximum absolute atomic E-state index is 4.66. The molecular weight excluding hydrogens is 296 g/mol. The van der Waals surface area contributed by atoms with Crippen LogP contribution >= 0.6 is 0 Å². The maximum atomic E-state index is 4.66. The van der Waals surface area contributed by atoms with Crippen molar-refractivity contribution in [2.24, 2.45) is 0 Å². The van der Waals surface area contributed by atoms with Crippen LogP contribution in [0.25, 0.3) is 11.0 Å². The van der Waals surface area contributed by atoms with E-state index < -0.39 is 0 Å². The number of anilines is 1. The van der Waals surface area contributed by atoms with Crippen molar-refractivity contribution in [2.45, 2.75) is 19.9 Å². The first-order valence-electron chi connectivity index (χ1n) is 8.56. The Morgan fingerprint density at radius 2 is 1.58 bits per heavy atom. The van der Waals surface area contributed by atoms with Crippen LogP contribution in [0.3, 0.4) is 0 Å². The van der Waals surface area contributed by atoms with Gasteiger partial charge in [-0.2, -0.15) is 0 Å². The largest absolute Gasteiger partial charge is 0.367 e. The molecule has 1 aromatic heterocycles. The Kier molecular flexibility index (Phi) is 5.39. The lowest BCUT2D eigenvalue weighted by Gasteiger charge is -2.30. The van der Waals surface area contributed by atoms with Crippen molar-refractivity contribution in [2.75, 3.05) is 25.0 Å². The van der Waals surface area contributed by atoms with Crippen LogP contribution in [0.1, 0.15) is 25.5 Å². The van der Waals surface area contributed by atoms with Crippen molar-refractivity contribution in [3.05, 3.63) is 66.4 Å². The van der Waals surface area contributed by atoms with Crippen LogP contribution < -0.4 is 5.32 Å². The summed E-state index contributed by atoms with van der Waals surface area (Å²) in [4.78, 5) is 11.6. The lowest BCUT2D eigenvalue weighted by atomic mass is 10.1. The van der Waals surface area contributed by atoms with Crippen molar-refractivity contribution < 1.29 is 0 Å². The fourth-order valence-electron chi connectivity index (χ4n) is 3.04. The highest BCUT2D eigenvalue weighted by atomic mass is 15.2. The third kappa shape index (κ3) is 3.71. The van der Waals surface area contributed by atoms with Crippen LogP contribution in [-0.4, -0.2) is 34.5 Å². The molecule has 124 valence electrons. The number of hydrogen-bond acceptors (Lipinski definition) is 4. The molecular formula is C20H24N4. The smallest absolute Gasteiger partial charge is 0.145 e. The van der Waals surface area contributed by atoms with Gasteiger partial charge in [0.2, 0.25) is 0 Å². The minimum absolute atomic E-state index is 0.314. The molecule has 0 saturated heterocycles. The summed E-state index contributed by atoms with van der Waals surface area (Å²) in [5, 5.41) is 3.47. The molecule has 1 heterocycles. The molecule has 0 fully saturated rings. The third-order valence-corrected chi connectivity index (χ3v) is 4.36. The number of likely N-dealkylation sites (N-methyl/N-ethyl adjacent to an activating group) is 1. The van der Waals surface area contributed by atoms with Crippen molar-refractivity contribution in [1.29, 1.82) is 0 Å². The minimum Gasteiger partial charge on any atom is -0.367 e. The summed E-state index contributed by atoms with van der Waals surface area (Å²) in [6, 6.07) is 18.9. The van der Waals surface area contributed by atoms with Gasteiger partial charge < -0.3 is 5.32 Å². The second kappa shape index (κ2) is 7.88. The summed E-state index contributed by atoms with van der Waals surface area (Å²) >= 11 is 0. The standard InChI is InChI=1S/C20H24N4/c1-3-24(4-2)19(16-10-6-5-7-11-16)14-22-20-15-21-17-12-8-9-13-18(17)23-20/h5-13,15,19H,3-4,14H2,1-2H3,(H,22,23). The predicted molar refractivity (Wildman–Crippen MR) is 100 cm³/mol. The third-order valence-electron chi connectivity index (χ3n) is 4.36. The van der Waals surface area contributed by atoms with Gasteiger partial charge in [-0.15, -0.1) is 0 Å².